The van der Waals surface area contributed by atoms with Crippen LogP contribution in [0.4, 0.5) is 0 Å². The van der Waals surface area contributed by atoms with E-state index in [4.69, 9.17) is 5.21 Å². The molecule has 0 aliphatic carbocycles. The number of amides is 1. The third-order valence-corrected chi connectivity index (χ3v) is 6.10. The van der Waals surface area contributed by atoms with Crippen LogP contribution in [-0.2, 0) is 14.8 Å². The molecule has 0 aliphatic heterocycles. The second kappa shape index (κ2) is 7.78. The van der Waals surface area contributed by atoms with Gasteiger partial charge in [-0.25, -0.2) is 13.9 Å². The lowest BCUT2D eigenvalue weighted by Crippen LogP contribution is -2.39. The molecule has 6 nitrogen and oxygen atoms in total. The largest absolute Gasteiger partial charge is 0.289 e. The minimum absolute atomic E-state index is 0.124. The summed E-state index contributed by atoms with van der Waals surface area (Å²) in [5.41, 5.74) is 1.47. The Hall–Kier alpha value is -1.61. The molecule has 0 bridgehead atoms. The number of fused-ring (bicyclic) bond motifs is 1. The van der Waals surface area contributed by atoms with E-state index in [1.54, 1.807) is 12.1 Å². The van der Waals surface area contributed by atoms with Crippen LogP contribution in [0.3, 0.4) is 0 Å². The van der Waals surface area contributed by atoms with Crippen molar-refractivity contribution in [3.05, 3.63) is 42.5 Å². The van der Waals surface area contributed by atoms with E-state index in [1.165, 1.54) is 23.3 Å². The molecule has 0 heterocycles. The van der Waals surface area contributed by atoms with Crippen molar-refractivity contribution in [3.8, 4) is 0 Å². The number of carbonyl (C=O) groups excluding carboxylic acids is 1. The molecule has 0 unspecified atom stereocenters. The molecule has 0 aliphatic rings. The first-order chi connectivity index (χ1) is 11.0. The first-order valence-corrected chi connectivity index (χ1v) is 9.58. The van der Waals surface area contributed by atoms with Gasteiger partial charge in [-0.1, -0.05) is 37.3 Å². The summed E-state index contributed by atoms with van der Waals surface area (Å²) in [6.07, 6.45) is 0. The normalized spacial score (nSPS) is 11.8. The minimum atomic E-state index is -3.83. The minimum Gasteiger partial charge on any atom is -0.289 e. The van der Waals surface area contributed by atoms with Gasteiger partial charge in [-0.15, -0.1) is 11.8 Å². The molecule has 23 heavy (non-hydrogen) atoms. The van der Waals surface area contributed by atoms with Crippen LogP contribution >= 0.6 is 11.8 Å². The molecule has 124 valence electrons. The molecule has 2 N–H and O–H groups in total. The van der Waals surface area contributed by atoms with Gasteiger partial charge in [-0.2, -0.15) is 4.31 Å². The van der Waals surface area contributed by atoms with Gasteiger partial charge in [0.05, 0.1) is 17.3 Å². The fourth-order valence-corrected chi connectivity index (χ4v) is 4.42. The molecular formula is C15H18N2O4S2. The molecule has 0 fully saturated rings. The van der Waals surface area contributed by atoms with E-state index in [2.05, 4.69) is 0 Å². The Kier molecular flexibility index (Phi) is 6.00. The third kappa shape index (κ3) is 4.23. The fourth-order valence-electron chi connectivity index (χ4n) is 2.07. The van der Waals surface area contributed by atoms with Crippen LogP contribution in [0.1, 0.15) is 6.92 Å². The quantitative estimate of drug-likeness (QED) is 0.451. The second-order valence-corrected chi connectivity index (χ2v) is 7.96. The first kappa shape index (κ1) is 17.7. The topological polar surface area (TPSA) is 86.7 Å². The molecule has 0 aromatic heterocycles. The van der Waals surface area contributed by atoms with E-state index in [-0.39, 0.29) is 10.8 Å². The Labute approximate surface area is 139 Å². The van der Waals surface area contributed by atoms with Gasteiger partial charge in [0.15, 0.2) is 0 Å². The van der Waals surface area contributed by atoms with Crippen molar-refractivity contribution in [2.45, 2.75) is 11.8 Å². The van der Waals surface area contributed by atoms with Crippen LogP contribution in [0.25, 0.3) is 10.8 Å². The van der Waals surface area contributed by atoms with Crippen molar-refractivity contribution in [3.63, 3.8) is 0 Å². The smallest absolute Gasteiger partial charge is 0.258 e. The summed E-state index contributed by atoms with van der Waals surface area (Å²) in [5.74, 6) is 0.0786. The number of sulfonamides is 1. The Bertz CT molecular complexity index is 793. The number of thioether (sulfide) groups is 1. The average molecular weight is 354 g/mol. The van der Waals surface area contributed by atoms with Crippen molar-refractivity contribution >= 4 is 38.5 Å². The van der Waals surface area contributed by atoms with Gasteiger partial charge in [-0.3, -0.25) is 10.0 Å². The summed E-state index contributed by atoms with van der Waals surface area (Å²) in [4.78, 5) is 11.5. The van der Waals surface area contributed by atoms with E-state index in [0.717, 1.165) is 15.1 Å². The maximum absolute atomic E-state index is 12.8. The molecule has 2 aromatic rings. The Morgan fingerprint density at radius 1 is 1.22 bits per heavy atom. The SMILES string of the molecule is CCSCN(CC(=O)NO)S(=O)(=O)c1ccc2ccccc2c1. The molecule has 8 heteroatoms. The standard InChI is InChI=1S/C15H18N2O4S2/c1-2-22-11-17(10-15(18)16-19)23(20,21)14-8-7-12-5-3-4-6-13(12)9-14/h3-9,19H,2,10-11H2,1H3,(H,16,18). The van der Waals surface area contributed by atoms with Gasteiger partial charge < -0.3 is 0 Å². The van der Waals surface area contributed by atoms with E-state index in [1.807, 2.05) is 31.2 Å². The molecule has 0 saturated carbocycles. The monoisotopic (exact) mass is 354 g/mol. The number of hydrogen-bond donors (Lipinski definition) is 2. The highest BCUT2D eigenvalue weighted by atomic mass is 32.2. The van der Waals surface area contributed by atoms with Crippen LogP contribution in [0, 0.1) is 0 Å². The predicted molar refractivity (Wildman–Crippen MR) is 90.8 cm³/mol. The predicted octanol–water partition coefficient (Wildman–Crippen LogP) is 2.05. The van der Waals surface area contributed by atoms with Crippen molar-refractivity contribution < 1.29 is 18.4 Å². The van der Waals surface area contributed by atoms with E-state index < -0.39 is 22.5 Å². The average Bonchev–Trinajstić information content (AvgIpc) is 2.57. The van der Waals surface area contributed by atoms with Crippen molar-refractivity contribution in [2.75, 3.05) is 18.2 Å². The number of hydrogen-bond acceptors (Lipinski definition) is 5. The molecule has 0 saturated heterocycles. The zero-order chi connectivity index (χ0) is 16.9. The summed E-state index contributed by atoms with van der Waals surface area (Å²) in [5, 5.41) is 10.4. The van der Waals surface area contributed by atoms with Gasteiger partial charge in [0.25, 0.3) is 5.91 Å². The van der Waals surface area contributed by atoms with Gasteiger partial charge in [-0.05, 0) is 28.7 Å². The summed E-state index contributed by atoms with van der Waals surface area (Å²) in [6, 6.07) is 12.3. The Morgan fingerprint density at radius 2 is 1.91 bits per heavy atom. The lowest BCUT2D eigenvalue weighted by Gasteiger charge is -2.20. The van der Waals surface area contributed by atoms with E-state index in [9.17, 15) is 13.2 Å². The Morgan fingerprint density at radius 3 is 2.57 bits per heavy atom. The number of carbonyl (C=O) groups is 1. The highest BCUT2D eigenvalue weighted by Crippen LogP contribution is 2.23. The van der Waals surface area contributed by atoms with Gasteiger partial charge in [0, 0.05) is 0 Å². The molecule has 0 radical (unpaired) electrons. The summed E-state index contributed by atoms with van der Waals surface area (Å²) in [6.45, 7) is 1.47. The lowest BCUT2D eigenvalue weighted by molar-refractivity contribution is -0.129. The fraction of sp³-hybridized carbons (Fsp3) is 0.267. The number of nitrogens with zero attached hydrogens (tertiary/aromatic N) is 1. The summed E-state index contributed by atoms with van der Waals surface area (Å²) >= 11 is 1.38. The number of benzene rings is 2. The summed E-state index contributed by atoms with van der Waals surface area (Å²) < 4.78 is 26.6. The zero-order valence-electron chi connectivity index (χ0n) is 12.6. The highest BCUT2D eigenvalue weighted by Gasteiger charge is 2.26. The van der Waals surface area contributed by atoms with Crippen LogP contribution in [0.15, 0.2) is 47.4 Å². The van der Waals surface area contributed by atoms with Gasteiger partial charge in [0.2, 0.25) is 10.0 Å². The van der Waals surface area contributed by atoms with Crippen LogP contribution < -0.4 is 5.48 Å². The molecule has 2 rings (SSSR count). The molecule has 1 amide bonds. The lowest BCUT2D eigenvalue weighted by atomic mass is 10.1. The van der Waals surface area contributed by atoms with Crippen molar-refractivity contribution in [2.24, 2.45) is 0 Å². The van der Waals surface area contributed by atoms with Crippen molar-refractivity contribution in [1.82, 2.24) is 9.79 Å². The van der Waals surface area contributed by atoms with E-state index >= 15 is 0 Å². The number of rotatable bonds is 7. The molecule has 0 spiro atoms. The maximum atomic E-state index is 12.8. The zero-order valence-corrected chi connectivity index (χ0v) is 14.2. The molecule has 2 aromatic carbocycles. The van der Waals surface area contributed by atoms with Crippen molar-refractivity contribution in [1.29, 1.82) is 0 Å². The second-order valence-electron chi connectivity index (χ2n) is 4.78. The Balaban J connectivity index is 2.38. The maximum Gasteiger partial charge on any atom is 0.258 e. The number of nitrogens with one attached hydrogen (secondary N) is 1. The van der Waals surface area contributed by atoms with Crippen LogP contribution in [0.5, 0.6) is 0 Å². The van der Waals surface area contributed by atoms with Gasteiger partial charge >= 0.3 is 0 Å². The highest BCUT2D eigenvalue weighted by molar-refractivity contribution is 8.00. The summed E-state index contributed by atoms with van der Waals surface area (Å²) in [7, 11) is -3.83. The molecular weight excluding hydrogens is 336 g/mol. The molecule has 0 atom stereocenters. The third-order valence-electron chi connectivity index (χ3n) is 3.24. The van der Waals surface area contributed by atoms with Crippen LogP contribution in [0.2, 0.25) is 0 Å². The van der Waals surface area contributed by atoms with Gasteiger partial charge in [0.1, 0.15) is 0 Å². The van der Waals surface area contributed by atoms with Crippen LogP contribution in [-0.4, -0.2) is 42.0 Å². The first-order valence-electron chi connectivity index (χ1n) is 6.98. The number of hydroxylamine groups is 1. The van der Waals surface area contributed by atoms with E-state index in [0.29, 0.717) is 5.75 Å².